The molecule has 2 N–H and O–H groups in total. The number of nitrogens with zero attached hydrogens (tertiary/aromatic N) is 2. The molecule has 94 valence electrons. The van der Waals surface area contributed by atoms with Gasteiger partial charge in [0.2, 0.25) is 5.91 Å². The van der Waals surface area contributed by atoms with Crippen LogP contribution in [0.5, 0.6) is 5.75 Å². The fourth-order valence-electron chi connectivity index (χ4n) is 1.46. The first-order valence-corrected chi connectivity index (χ1v) is 5.79. The summed E-state index contributed by atoms with van der Waals surface area (Å²) < 4.78 is 1.68. The van der Waals surface area contributed by atoms with E-state index in [1.54, 1.807) is 29.2 Å². The number of aromatic nitrogens is 2. The zero-order valence-corrected chi connectivity index (χ0v) is 10.3. The minimum Gasteiger partial charge on any atom is -0.506 e. The maximum absolute atomic E-state index is 11.6. The summed E-state index contributed by atoms with van der Waals surface area (Å²) in [5, 5.41) is 16.3. The average Bonchev–Trinajstić information content (AvgIpc) is 2.84. The maximum Gasteiger partial charge on any atom is 0.226 e. The van der Waals surface area contributed by atoms with E-state index in [0.717, 1.165) is 0 Å². The van der Waals surface area contributed by atoms with Crippen molar-refractivity contribution >= 4 is 23.2 Å². The Labute approximate surface area is 109 Å². The third kappa shape index (κ3) is 3.24. The Morgan fingerprint density at radius 1 is 1.50 bits per heavy atom. The second-order valence-corrected chi connectivity index (χ2v) is 4.14. The molecule has 0 unspecified atom stereocenters. The minimum atomic E-state index is -0.146. The van der Waals surface area contributed by atoms with Crippen LogP contribution in [0.25, 0.3) is 0 Å². The van der Waals surface area contributed by atoms with Crippen molar-refractivity contribution in [2.45, 2.75) is 13.0 Å². The van der Waals surface area contributed by atoms with Crippen LogP contribution in [0.4, 0.5) is 5.69 Å². The average molecular weight is 266 g/mol. The van der Waals surface area contributed by atoms with E-state index in [1.165, 1.54) is 12.1 Å². The highest BCUT2D eigenvalue weighted by Gasteiger charge is 2.05. The Balaban J connectivity index is 1.88. The van der Waals surface area contributed by atoms with Gasteiger partial charge in [0.25, 0.3) is 0 Å². The molecule has 0 aliphatic carbocycles. The van der Waals surface area contributed by atoms with Crippen LogP contribution in [0.2, 0.25) is 5.02 Å². The topological polar surface area (TPSA) is 67.2 Å². The van der Waals surface area contributed by atoms with Gasteiger partial charge in [-0.25, -0.2) is 0 Å². The number of rotatable bonds is 4. The largest absolute Gasteiger partial charge is 0.506 e. The Hall–Kier alpha value is -2.01. The molecule has 0 saturated carbocycles. The summed E-state index contributed by atoms with van der Waals surface area (Å²) in [7, 11) is 0. The Bertz CT molecular complexity index is 540. The van der Waals surface area contributed by atoms with Gasteiger partial charge in [-0.05, 0) is 18.2 Å². The van der Waals surface area contributed by atoms with Crippen LogP contribution in [0.15, 0.2) is 36.7 Å². The number of hydrogen-bond acceptors (Lipinski definition) is 3. The van der Waals surface area contributed by atoms with Gasteiger partial charge < -0.3 is 10.4 Å². The number of halogens is 1. The van der Waals surface area contributed by atoms with Crippen molar-refractivity contribution in [2.75, 3.05) is 5.32 Å². The van der Waals surface area contributed by atoms with Crippen molar-refractivity contribution in [3.8, 4) is 5.75 Å². The van der Waals surface area contributed by atoms with Gasteiger partial charge in [0, 0.05) is 37.1 Å². The van der Waals surface area contributed by atoms with Crippen LogP contribution < -0.4 is 5.32 Å². The lowest BCUT2D eigenvalue weighted by Gasteiger charge is -2.06. The van der Waals surface area contributed by atoms with Crippen molar-refractivity contribution in [3.63, 3.8) is 0 Å². The van der Waals surface area contributed by atoms with Gasteiger partial charge in [0.05, 0.1) is 5.02 Å². The van der Waals surface area contributed by atoms with E-state index in [0.29, 0.717) is 18.7 Å². The maximum atomic E-state index is 11.6. The van der Waals surface area contributed by atoms with E-state index >= 15 is 0 Å². The van der Waals surface area contributed by atoms with Crippen molar-refractivity contribution < 1.29 is 9.90 Å². The fraction of sp³-hybridized carbons (Fsp3) is 0.167. The number of phenols is 1. The van der Waals surface area contributed by atoms with Crippen molar-refractivity contribution in [1.29, 1.82) is 0 Å². The zero-order valence-electron chi connectivity index (χ0n) is 9.51. The normalized spacial score (nSPS) is 10.3. The summed E-state index contributed by atoms with van der Waals surface area (Å²) in [5.41, 5.74) is 0.516. The number of hydrogen-bond donors (Lipinski definition) is 2. The van der Waals surface area contributed by atoms with Crippen LogP contribution in [0, 0.1) is 0 Å². The fourth-order valence-corrected chi connectivity index (χ4v) is 1.58. The van der Waals surface area contributed by atoms with Gasteiger partial charge in [0.1, 0.15) is 5.75 Å². The van der Waals surface area contributed by atoms with Gasteiger partial charge in [0.15, 0.2) is 0 Å². The molecular formula is C12H12ClN3O2. The van der Waals surface area contributed by atoms with Gasteiger partial charge in [-0.1, -0.05) is 11.6 Å². The molecule has 1 aromatic carbocycles. The van der Waals surface area contributed by atoms with Crippen molar-refractivity contribution in [1.82, 2.24) is 9.78 Å². The number of benzene rings is 1. The predicted molar refractivity (Wildman–Crippen MR) is 68.6 cm³/mol. The number of aromatic hydroxyl groups is 1. The molecule has 0 aliphatic rings. The zero-order chi connectivity index (χ0) is 13.0. The molecule has 1 amide bonds. The van der Waals surface area contributed by atoms with Crippen LogP contribution in [-0.2, 0) is 11.3 Å². The summed E-state index contributed by atoms with van der Waals surface area (Å²) in [4.78, 5) is 11.6. The highest BCUT2D eigenvalue weighted by atomic mass is 35.5. The van der Waals surface area contributed by atoms with Crippen molar-refractivity contribution in [3.05, 3.63) is 41.7 Å². The quantitative estimate of drug-likeness (QED) is 0.891. The number of carbonyl (C=O) groups excluding carboxylic acids is 1. The number of aryl methyl sites for hydroxylation is 1. The first-order valence-electron chi connectivity index (χ1n) is 5.41. The Kier molecular flexibility index (Phi) is 3.84. The number of phenolic OH excluding ortho intramolecular Hbond substituents is 1. The lowest BCUT2D eigenvalue weighted by Crippen LogP contribution is -2.14. The van der Waals surface area contributed by atoms with Gasteiger partial charge >= 0.3 is 0 Å². The highest BCUT2D eigenvalue weighted by Crippen LogP contribution is 2.26. The van der Waals surface area contributed by atoms with E-state index in [4.69, 9.17) is 11.6 Å². The highest BCUT2D eigenvalue weighted by molar-refractivity contribution is 6.32. The third-order valence-electron chi connectivity index (χ3n) is 2.36. The first kappa shape index (κ1) is 12.4. The summed E-state index contributed by atoms with van der Waals surface area (Å²) in [6.45, 7) is 0.512. The molecule has 5 nitrogen and oxygen atoms in total. The Morgan fingerprint density at radius 2 is 2.33 bits per heavy atom. The van der Waals surface area contributed by atoms with Gasteiger partial charge in [-0.15, -0.1) is 0 Å². The molecule has 2 aromatic rings. The standard InChI is InChI=1S/C12H12ClN3O2/c13-10-3-2-9(8-11(10)17)15-12(18)4-7-16-6-1-5-14-16/h1-3,5-6,8,17H,4,7H2,(H,15,18). The minimum absolute atomic E-state index is 0.0541. The van der Waals surface area contributed by atoms with Crippen molar-refractivity contribution in [2.24, 2.45) is 0 Å². The van der Waals surface area contributed by atoms with Crippen LogP contribution in [0.1, 0.15) is 6.42 Å². The third-order valence-corrected chi connectivity index (χ3v) is 2.68. The molecule has 1 heterocycles. The van der Waals surface area contributed by atoms with Crippen LogP contribution in [-0.4, -0.2) is 20.8 Å². The lowest BCUT2D eigenvalue weighted by molar-refractivity contribution is -0.116. The second kappa shape index (κ2) is 5.55. The molecule has 1 aromatic heterocycles. The number of anilines is 1. The lowest BCUT2D eigenvalue weighted by atomic mass is 10.3. The smallest absolute Gasteiger partial charge is 0.226 e. The molecule has 18 heavy (non-hydrogen) atoms. The van der Waals surface area contributed by atoms with E-state index in [2.05, 4.69) is 10.4 Å². The first-order chi connectivity index (χ1) is 8.65. The van der Waals surface area contributed by atoms with Gasteiger partial charge in [-0.2, -0.15) is 5.10 Å². The molecular weight excluding hydrogens is 254 g/mol. The van der Waals surface area contributed by atoms with E-state index < -0.39 is 0 Å². The number of nitrogens with one attached hydrogen (secondary N) is 1. The molecule has 0 spiro atoms. The van der Waals surface area contributed by atoms with E-state index in [9.17, 15) is 9.90 Å². The SMILES string of the molecule is O=C(CCn1cccn1)Nc1ccc(Cl)c(O)c1. The summed E-state index contributed by atoms with van der Waals surface area (Å²) in [6.07, 6.45) is 3.77. The summed E-state index contributed by atoms with van der Waals surface area (Å²) in [6, 6.07) is 6.37. The van der Waals surface area contributed by atoms with E-state index in [-0.39, 0.29) is 16.7 Å². The number of carbonyl (C=O) groups is 1. The van der Waals surface area contributed by atoms with Gasteiger partial charge in [-0.3, -0.25) is 9.48 Å². The monoisotopic (exact) mass is 265 g/mol. The molecule has 0 saturated heterocycles. The van der Waals surface area contributed by atoms with Crippen LogP contribution >= 0.6 is 11.6 Å². The molecule has 0 atom stereocenters. The summed E-state index contributed by atoms with van der Waals surface area (Å²) in [5.74, 6) is -0.200. The molecule has 0 bridgehead atoms. The van der Waals surface area contributed by atoms with Crippen LogP contribution in [0.3, 0.4) is 0 Å². The second-order valence-electron chi connectivity index (χ2n) is 3.73. The molecule has 6 heteroatoms. The molecule has 2 rings (SSSR count). The Morgan fingerprint density at radius 3 is 3.00 bits per heavy atom. The van der Waals surface area contributed by atoms with E-state index in [1.807, 2.05) is 0 Å². The predicted octanol–water partition coefficient (Wildman–Crippen LogP) is 2.27. The summed E-state index contributed by atoms with van der Waals surface area (Å²) >= 11 is 5.67. The number of amides is 1. The molecule has 0 fully saturated rings. The molecule has 0 radical (unpaired) electrons. The molecule has 0 aliphatic heterocycles.